The zero-order valence-corrected chi connectivity index (χ0v) is 13.8. The van der Waals surface area contributed by atoms with Crippen LogP contribution < -0.4 is 0 Å². The van der Waals surface area contributed by atoms with E-state index in [1.165, 1.54) is 0 Å². The molecule has 0 rings (SSSR count). The lowest BCUT2D eigenvalue weighted by atomic mass is 9.99. The maximum absolute atomic E-state index is 12.0. The predicted octanol–water partition coefficient (Wildman–Crippen LogP) is 1.66. The lowest BCUT2D eigenvalue weighted by molar-refractivity contribution is -0.149. The van der Waals surface area contributed by atoms with Gasteiger partial charge in [-0.25, -0.2) is 0 Å². The van der Waals surface area contributed by atoms with Crippen molar-refractivity contribution in [2.75, 3.05) is 12.4 Å². The molecule has 7 nitrogen and oxygen atoms in total. The average molecular weight is 368 g/mol. The molecule has 0 fully saturated rings. The fourth-order valence-corrected chi connectivity index (χ4v) is 3.36. The van der Waals surface area contributed by atoms with Crippen molar-refractivity contribution in [2.45, 2.75) is 32.7 Å². The van der Waals surface area contributed by atoms with E-state index in [4.69, 9.17) is 4.74 Å². The van der Waals surface area contributed by atoms with Crippen LogP contribution in [0.2, 0.25) is 0 Å². The molecule has 0 heterocycles. The van der Waals surface area contributed by atoms with E-state index in [2.05, 4.69) is 0 Å². The summed E-state index contributed by atoms with van der Waals surface area (Å²) in [5.74, 6) is -1.98. The van der Waals surface area contributed by atoms with Gasteiger partial charge in [0.2, 0.25) is 0 Å². The second-order valence-corrected chi connectivity index (χ2v) is 8.42. The van der Waals surface area contributed by atoms with Crippen LogP contribution in [0.1, 0.15) is 27.2 Å². The second kappa shape index (κ2) is 7.59. The van der Waals surface area contributed by atoms with Gasteiger partial charge in [-0.1, -0.05) is 20.8 Å². The van der Waals surface area contributed by atoms with Crippen molar-refractivity contribution in [3.05, 3.63) is 0 Å². The molecule has 0 aromatic carbocycles. The Kier molecular flexibility index (Phi) is 7.29. The molecule has 0 spiro atoms. The number of rotatable bonds is 7. The van der Waals surface area contributed by atoms with E-state index < -0.39 is 43.2 Å². The lowest BCUT2D eigenvalue weighted by Gasteiger charge is -2.16. The summed E-state index contributed by atoms with van der Waals surface area (Å²) in [6.45, 7) is 4.79. The van der Waals surface area contributed by atoms with E-state index in [-0.39, 0.29) is 18.9 Å². The van der Waals surface area contributed by atoms with E-state index in [1.807, 2.05) is 3.77 Å². The van der Waals surface area contributed by atoms with Gasteiger partial charge in [0.05, 0.1) is 12.5 Å². The quantitative estimate of drug-likeness (QED) is 0.499. The van der Waals surface area contributed by atoms with E-state index in [1.54, 1.807) is 20.8 Å². The molecule has 0 saturated heterocycles. The van der Waals surface area contributed by atoms with Crippen LogP contribution in [0.3, 0.4) is 0 Å². The van der Waals surface area contributed by atoms with Crippen molar-refractivity contribution >= 4 is 26.0 Å². The van der Waals surface area contributed by atoms with Gasteiger partial charge in [-0.2, -0.15) is 21.6 Å². The van der Waals surface area contributed by atoms with Gasteiger partial charge in [0.1, 0.15) is 0 Å². The smallest absolute Gasteiger partial charge is 0.519 e. The summed E-state index contributed by atoms with van der Waals surface area (Å²) in [4.78, 5) is 11.4. The monoisotopic (exact) mass is 368 g/mol. The number of halogens is 3. The minimum absolute atomic E-state index is 0.00293. The van der Waals surface area contributed by atoms with Crippen molar-refractivity contribution in [1.82, 2.24) is 0 Å². The molecule has 0 radical (unpaired) electrons. The average Bonchev–Trinajstić information content (AvgIpc) is 2.30. The van der Waals surface area contributed by atoms with E-state index in [0.29, 0.717) is 0 Å². The van der Waals surface area contributed by atoms with Crippen LogP contribution in [0.25, 0.3) is 0 Å². The Morgan fingerprint density at radius 2 is 1.73 bits per heavy atom. The summed E-state index contributed by atoms with van der Waals surface area (Å²) in [5.41, 5.74) is -5.78. The van der Waals surface area contributed by atoms with Crippen LogP contribution in [-0.2, 0) is 29.6 Å². The molecular weight excluding hydrogens is 351 g/mol. The van der Waals surface area contributed by atoms with E-state index >= 15 is 0 Å². The van der Waals surface area contributed by atoms with Gasteiger partial charge < -0.3 is 9.29 Å². The van der Waals surface area contributed by atoms with Crippen LogP contribution in [0, 0.1) is 11.8 Å². The Morgan fingerprint density at radius 1 is 1.23 bits per heavy atom. The maximum Gasteiger partial charge on any atom is 0.519 e. The summed E-state index contributed by atoms with van der Waals surface area (Å²) in [6.07, 6.45) is -0.365. The lowest BCUT2D eigenvalue weighted by Crippen LogP contribution is -2.23. The highest BCUT2D eigenvalue weighted by Gasteiger charge is 2.46. The van der Waals surface area contributed by atoms with Crippen LogP contribution in [0.15, 0.2) is 3.77 Å². The van der Waals surface area contributed by atoms with Gasteiger partial charge in [0.15, 0.2) is 0 Å². The van der Waals surface area contributed by atoms with Crippen LogP contribution in [-0.4, -0.2) is 41.0 Å². The van der Waals surface area contributed by atoms with Crippen molar-refractivity contribution in [2.24, 2.45) is 15.6 Å². The highest BCUT2D eigenvalue weighted by molar-refractivity contribution is 8.00. The van der Waals surface area contributed by atoms with Crippen LogP contribution in [0.5, 0.6) is 0 Å². The number of alkyl halides is 3. The van der Waals surface area contributed by atoms with Crippen LogP contribution in [0.4, 0.5) is 13.2 Å². The number of nitrogens with zero attached hydrogens (tertiary/aromatic N) is 1. The van der Waals surface area contributed by atoms with Crippen molar-refractivity contribution < 1.29 is 39.9 Å². The van der Waals surface area contributed by atoms with E-state index in [9.17, 15) is 35.1 Å². The van der Waals surface area contributed by atoms with Crippen molar-refractivity contribution in [3.63, 3.8) is 0 Å². The van der Waals surface area contributed by atoms with Crippen molar-refractivity contribution in [3.8, 4) is 0 Å². The Hall–Kier alpha value is -0.880. The van der Waals surface area contributed by atoms with E-state index in [0.717, 1.165) is 0 Å². The van der Waals surface area contributed by atoms with Crippen molar-refractivity contribution in [1.29, 1.82) is 0 Å². The first-order chi connectivity index (χ1) is 9.69. The number of carbonyl (C=O) groups is 1. The number of sulfonamides is 1. The fourth-order valence-electron chi connectivity index (χ4n) is 1.05. The molecule has 0 aromatic heterocycles. The minimum Gasteiger partial charge on any atom is -0.763 e. The molecule has 132 valence electrons. The third kappa shape index (κ3) is 6.92. The molecule has 12 heteroatoms. The Bertz CT molecular complexity index is 605. The van der Waals surface area contributed by atoms with Gasteiger partial charge in [-0.05, 0) is 12.3 Å². The first kappa shape index (κ1) is 21.1. The van der Waals surface area contributed by atoms with Crippen LogP contribution >= 0.6 is 0 Å². The largest absolute Gasteiger partial charge is 0.763 e. The molecule has 0 N–H and O–H groups in total. The van der Waals surface area contributed by atoms with Gasteiger partial charge in [0, 0.05) is 15.8 Å². The third-order valence-corrected chi connectivity index (χ3v) is 5.75. The summed E-state index contributed by atoms with van der Waals surface area (Å²) >= 11 is 0. The molecule has 0 aliphatic heterocycles. The molecule has 0 aliphatic rings. The van der Waals surface area contributed by atoms with Gasteiger partial charge in [0.25, 0.3) is 0 Å². The molecule has 2 unspecified atom stereocenters. The molecule has 0 aliphatic carbocycles. The van der Waals surface area contributed by atoms with Gasteiger partial charge >= 0.3 is 21.5 Å². The molecular formula is C10H17F3NO6S2-. The number of hydrogen-bond donors (Lipinski definition) is 0. The Morgan fingerprint density at radius 3 is 2.14 bits per heavy atom. The minimum atomic E-state index is -6.10. The zero-order chi connectivity index (χ0) is 17.8. The molecule has 0 aromatic rings. The normalized spacial score (nSPS) is 16.9. The number of hydrogen-bond acceptors (Lipinski definition) is 6. The number of carbonyl (C=O) groups excluding carboxylic acids is 1. The fraction of sp³-hybridized carbons (Fsp3) is 0.900. The summed E-state index contributed by atoms with van der Waals surface area (Å²) < 4.78 is 86.3. The predicted molar refractivity (Wildman–Crippen MR) is 70.8 cm³/mol. The Labute approximate surface area is 127 Å². The third-order valence-electron chi connectivity index (χ3n) is 2.67. The summed E-state index contributed by atoms with van der Waals surface area (Å²) in [6, 6.07) is 0. The zero-order valence-electron chi connectivity index (χ0n) is 12.1. The van der Waals surface area contributed by atoms with Gasteiger partial charge in [-0.15, -0.1) is 3.77 Å². The number of ether oxygens (including phenoxy) is 1. The molecule has 0 saturated carbocycles. The molecule has 0 bridgehead atoms. The second-order valence-electron chi connectivity index (χ2n) is 4.84. The first-order valence-corrected chi connectivity index (χ1v) is 9.19. The first-order valence-electron chi connectivity index (χ1n) is 6.14. The summed E-state index contributed by atoms with van der Waals surface area (Å²) in [5, 5.41) is 0. The highest BCUT2D eigenvalue weighted by Crippen LogP contribution is 2.25. The summed E-state index contributed by atoms with van der Waals surface area (Å²) in [7, 11) is -10.9. The standard InChI is InChI=1S/C10H18F3NO6S2/c1-7(2)8(3)9(15)20-5-4-6-21(16,17)14-22(18,19)10(11,12)13/h7-8H,4-6H2,1-3H3,(H,14,16,17)/p-1. The molecule has 2 atom stereocenters. The highest BCUT2D eigenvalue weighted by atomic mass is 32.3. The number of esters is 1. The topological polar surface area (TPSA) is 113 Å². The SMILES string of the molecule is CC(C)C(C)C(=O)OCCCS(=O)([O-])=NS(=O)(=O)C(F)(F)F. The molecule has 22 heavy (non-hydrogen) atoms. The molecule has 0 amide bonds. The Balaban J connectivity index is 4.61. The maximum atomic E-state index is 12.0. The van der Waals surface area contributed by atoms with Gasteiger partial charge in [-0.3, -0.25) is 9.00 Å².